The molecule has 7 heteroatoms. The molecule has 21 heavy (non-hydrogen) atoms. The third-order valence-corrected chi connectivity index (χ3v) is 2.90. The molecule has 0 radical (unpaired) electrons. The molecular formula is C14H13FN2O4. The van der Waals surface area contributed by atoms with Crippen LogP contribution in [0.3, 0.4) is 0 Å². The van der Waals surface area contributed by atoms with Crippen LogP contribution < -0.4 is 4.74 Å². The first-order chi connectivity index (χ1) is 9.88. The molecule has 0 amide bonds. The van der Waals surface area contributed by atoms with Gasteiger partial charge >= 0.3 is 0 Å². The molecule has 2 aromatic rings. The Bertz CT molecular complexity index is 689. The van der Waals surface area contributed by atoms with Crippen molar-refractivity contribution in [3.05, 3.63) is 57.5 Å². The maximum absolute atomic E-state index is 13.8. The quantitative estimate of drug-likeness (QED) is 0.690. The molecule has 2 rings (SSSR count). The van der Waals surface area contributed by atoms with E-state index in [0.717, 1.165) is 6.07 Å². The number of pyridine rings is 1. The molecule has 6 nitrogen and oxygen atoms in total. The number of nitrogens with zero attached hydrogens (tertiary/aromatic N) is 2. The lowest BCUT2D eigenvalue weighted by atomic mass is 10.2. The molecule has 0 aliphatic rings. The first kappa shape index (κ1) is 14.9. The van der Waals surface area contributed by atoms with Crippen molar-refractivity contribution < 1.29 is 19.2 Å². The van der Waals surface area contributed by atoms with E-state index in [-0.39, 0.29) is 22.9 Å². The standard InChI is InChI=1S/C14H13FN2O4/c1-8-5-13(11(15)7-12(8)17(19)20)21-14-6-10(9(2)18)3-4-16-14/h3-7,9,18H,1-2H3. The second-order valence-electron chi connectivity index (χ2n) is 4.53. The van der Waals surface area contributed by atoms with Crippen LogP contribution in [0.5, 0.6) is 11.6 Å². The molecule has 0 aliphatic heterocycles. The molecule has 0 bridgehead atoms. The number of aliphatic hydroxyl groups excluding tert-OH is 1. The van der Waals surface area contributed by atoms with E-state index in [1.807, 2.05) is 0 Å². The number of rotatable bonds is 4. The molecule has 1 N–H and O–H groups in total. The minimum absolute atomic E-state index is 0.0977. The van der Waals surface area contributed by atoms with Crippen molar-refractivity contribution >= 4 is 5.69 Å². The predicted molar refractivity (Wildman–Crippen MR) is 72.7 cm³/mol. The summed E-state index contributed by atoms with van der Waals surface area (Å²) >= 11 is 0. The molecular weight excluding hydrogens is 279 g/mol. The minimum atomic E-state index is -0.850. The van der Waals surface area contributed by atoms with E-state index in [9.17, 15) is 19.6 Å². The Kier molecular flexibility index (Phi) is 4.13. The summed E-state index contributed by atoms with van der Waals surface area (Å²) in [4.78, 5) is 14.0. The average Bonchev–Trinajstić information content (AvgIpc) is 2.42. The lowest BCUT2D eigenvalue weighted by Gasteiger charge is -2.09. The molecule has 0 fully saturated rings. The zero-order valence-electron chi connectivity index (χ0n) is 11.4. The van der Waals surface area contributed by atoms with Gasteiger partial charge in [0.15, 0.2) is 11.6 Å². The van der Waals surface area contributed by atoms with Crippen molar-refractivity contribution in [3.63, 3.8) is 0 Å². The van der Waals surface area contributed by atoms with Gasteiger partial charge in [-0.2, -0.15) is 0 Å². The summed E-state index contributed by atoms with van der Waals surface area (Å²) in [7, 11) is 0. The van der Waals surface area contributed by atoms with E-state index in [1.165, 1.54) is 25.3 Å². The minimum Gasteiger partial charge on any atom is -0.436 e. The van der Waals surface area contributed by atoms with Gasteiger partial charge in [-0.15, -0.1) is 0 Å². The second-order valence-corrected chi connectivity index (χ2v) is 4.53. The summed E-state index contributed by atoms with van der Waals surface area (Å²) in [5.41, 5.74) is 0.535. The second kappa shape index (κ2) is 5.84. The van der Waals surface area contributed by atoms with Gasteiger partial charge in [-0.05, 0) is 31.5 Å². The first-order valence-electron chi connectivity index (χ1n) is 6.15. The summed E-state index contributed by atoms with van der Waals surface area (Å²) in [5.74, 6) is -0.912. The summed E-state index contributed by atoms with van der Waals surface area (Å²) in [6, 6.07) is 5.13. The Morgan fingerprint density at radius 3 is 2.76 bits per heavy atom. The van der Waals surface area contributed by atoms with Gasteiger partial charge in [0.05, 0.1) is 17.1 Å². The maximum Gasteiger partial charge on any atom is 0.275 e. The van der Waals surface area contributed by atoms with Crippen LogP contribution in [-0.4, -0.2) is 15.0 Å². The third-order valence-electron chi connectivity index (χ3n) is 2.90. The fraction of sp³-hybridized carbons (Fsp3) is 0.214. The highest BCUT2D eigenvalue weighted by molar-refractivity contribution is 5.46. The van der Waals surface area contributed by atoms with Crippen LogP contribution in [0.1, 0.15) is 24.2 Å². The van der Waals surface area contributed by atoms with E-state index in [4.69, 9.17) is 4.74 Å². The van der Waals surface area contributed by atoms with E-state index >= 15 is 0 Å². The number of aryl methyl sites for hydroxylation is 1. The third kappa shape index (κ3) is 3.32. The van der Waals surface area contributed by atoms with Crippen molar-refractivity contribution in [3.8, 4) is 11.6 Å². The highest BCUT2D eigenvalue weighted by Gasteiger charge is 2.17. The van der Waals surface area contributed by atoms with Gasteiger partial charge in [0.25, 0.3) is 5.69 Å². The highest BCUT2D eigenvalue weighted by Crippen LogP contribution is 2.30. The molecule has 1 aromatic heterocycles. The Labute approximate surface area is 120 Å². The van der Waals surface area contributed by atoms with E-state index in [0.29, 0.717) is 5.56 Å². The Hall–Kier alpha value is -2.54. The number of ether oxygens (including phenoxy) is 1. The largest absolute Gasteiger partial charge is 0.436 e. The summed E-state index contributed by atoms with van der Waals surface area (Å²) in [6.45, 7) is 3.07. The first-order valence-corrected chi connectivity index (χ1v) is 6.15. The zero-order chi connectivity index (χ0) is 15.6. The van der Waals surface area contributed by atoms with Crippen molar-refractivity contribution in [1.82, 2.24) is 4.98 Å². The SMILES string of the molecule is Cc1cc(Oc2cc(C(C)O)ccn2)c(F)cc1[N+](=O)[O-]. The van der Waals surface area contributed by atoms with Gasteiger partial charge in [-0.3, -0.25) is 10.1 Å². The Morgan fingerprint density at radius 2 is 2.14 bits per heavy atom. The number of halogens is 1. The molecule has 1 unspecified atom stereocenters. The topological polar surface area (TPSA) is 85.5 Å². The summed E-state index contributed by atoms with van der Waals surface area (Å²) in [6.07, 6.45) is 0.715. The van der Waals surface area contributed by atoms with Gasteiger partial charge in [0.1, 0.15) is 0 Å². The number of benzene rings is 1. The summed E-state index contributed by atoms with van der Waals surface area (Å²) < 4.78 is 19.1. The number of aliphatic hydroxyl groups is 1. The van der Waals surface area contributed by atoms with Crippen molar-refractivity contribution in [1.29, 1.82) is 0 Å². The van der Waals surface area contributed by atoms with E-state index in [2.05, 4.69) is 4.98 Å². The lowest BCUT2D eigenvalue weighted by Crippen LogP contribution is -1.98. The molecule has 1 heterocycles. The Morgan fingerprint density at radius 1 is 1.43 bits per heavy atom. The van der Waals surface area contributed by atoms with E-state index in [1.54, 1.807) is 13.0 Å². The van der Waals surface area contributed by atoms with Crippen molar-refractivity contribution in [2.75, 3.05) is 0 Å². The molecule has 1 aromatic carbocycles. The van der Waals surface area contributed by atoms with Crippen molar-refractivity contribution in [2.45, 2.75) is 20.0 Å². The molecule has 1 atom stereocenters. The van der Waals surface area contributed by atoms with Gasteiger partial charge < -0.3 is 9.84 Å². The van der Waals surface area contributed by atoms with Crippen LogP contribution >= 0.6 is 0 Å². The van der Waals surface area contributed by atoms with Gasteiger partial charge in [0, 0.05) is 17.8 Å². The average molecular weight is 292 g/mol. The molecule has 0 saturated carbocycles. The number of aromatic nitrogens is 1. The molecule has 0 aliphatic carbocycles. The number of nitro groups is 1. The maximum atomic E-state index is 13.8. The predicted octanol–water partition coefficient (Wildman–Crippen LogP) is 3.28. The van der Waals surface area contributed by atoms with Crippen molar-refractivity contribution in [2.24, 2.45) is 0 Å². The molecule has 0 saturated heterocycles. The van der Waals surface area contributed by atoms with Gasteiger partial charge in [0.2, 0.25) is 5.88 Å². The van der Waals surface area contributed by atoms with Crippen LogP contribution in [0, 0.1) is 22.9 Å². The molecule has 110 valence electrons. The fourth-order valence-corrected chi connectivity index (χ4v) is 1.77. The molecule has 0 spiro atoms. The number of hydrogen-bond donors (Lipinski definition) is 1. The Balaban J connectivity index is 2.34. The van der Waals surface area contributed by atoms with E-state index < -0.39 is 16.8 Å². The smallest absolute Gasteiger partial charge is 0.275 e. The van der Waals surface area contributed by atoms with Crippen LogP contribution in [-0.2, 0) is 0 Å². The number of hydrogen-bond acceptors (Lipinski definition) is 5. The lowest BCUT2D eigenvalue weighted by molar-refractivity contribution is -0.385. The summed E-state index contributed by atoms with van der Waals surface area (Å²) in [5, 5.41) is 20.2. The number of nitro benzene ring substituents is 1. The monoisotopic (exact) mass is 292 g/mol. The van der Waals surface area contributed by atoms with Gasteiger partial charge in [-0.1, -0.05) is 0 Å². The highest BCUT2D eigenvalue weighted by atomic mass is 19.1. The normalized spacial score (nSPS) is 12.0. The van der Waals surface area contributed by atoms with Crippen LogP contribution in [0.15, 0.2) is 30.5 Å². The van der Waals surface area contributed by atoms with Gasteiger partial charge in [-0.25, -0.2) is 9.37 Å². The fourth-order valence-electron chi connectivity index (χ4n) is 1.77. The van der Waals surface area contributed by atoms with Crippen LogP contribution in [0.25, 0.3) is 0 Å². The van der Waals surface area contributed by atoms with Crippen LogP contribution in [0.4, 0.5) is 10.1 Å². The zero-order valence-corrected chi connectivity index (χ0v) is 11.4. The van der Waals surface area contributed by atoms with Crippen LogP contribution in [0.2, 0.25) is 0 Å².